The van der Waals surface area contributed by atoms with Gasteiger partial charge in [0, 0.05) is 29.3 Å². The topological polar surface area (TPSA) is 30.0 Å². The van der Waals surface area contributed by atoms with E-state index < -0.39 is 0 Å². The molecule has 2 nitrogen and oxygen atoms in total. The van der Waals surface area contributed by atoms with E-state index in [0.717, 1.165) is 28.7 Å². The molecule has 0 saturated heterocycles. The SMILES string of the molecule is O=C(c1cncc2ccccc12)C1CC2CCC1C2. The highest BCUT2D eigenvalue weighted by Crippen LogP contribution is 2.49. The highest BCUT2D eigenvalue weighted by atomic mass is 16.1. The van der Waals surface area contributed by atoms with E-state index in [1.165, 1.54) is 19.3 Å². The quantitative estimate of drug-likeness (QED) is 0.759. The van der Waals surface area contributed by atoms with Crippen LogP contribution in [-0.4, -0.2) is 10.8 Å². The van der Waals surface area contributed by atoms with Crippen LogP contribution in [0.1, 0.15) is 36.0 Å². The lowest BCUT2D eigenvalue weighted by molar-refractivity contribution is 0.0876. The molecule has 2 fully saturated rings. The van der Waals surface area contributed by atoms with Crippen molar-refractivity contribution < 1.29 is 4.79 Å². The van der Waals surface area contributed by atoms with Gasteiger partial charge < -0.3 is 0 Å². The summed E-state index contributed by atoms with van der Waals surface area (Å²) in [5.41, 5.74) is 0.829. The van der Waals surface area contributed by atoms with Gasteiger partial charge in [0.15, 0.2) is 5.78 Å². The average Bonchev–Trinajstić information content (AvgIpc) is 3.08. The molecular weight excluding hydrogens is 234 g/mol. The third-order valence-corrected chi connectivity index (χ3v) is 5.01. The summed E-state index contributed by atoms with van der Waals surface area (Å²) in [4.78, 5) is 17.1. The van der Waals surface area contributed by atoms with E-state index in [2.05, 4.69) is 4.98 Å². The van der Waals surface area contributed by atoms with E-state index in [1.54, 1.807) is 6.20 Å². The van der Waals surface area contributed by atoms with Gasteiger partial charge in [0.25, 0.3) is 0 Å². The van der Waals surface area contributed by atoms with E-state index in [0.29, 0.717) is 11.7 Å². The molecule has 2 aliphatic rings. The zero-order chi connectivity index (χ0) is 12.8. The molecule has 3 unspecified atom stereocenters. The van der Waals surface area contributed by atoms with Crippen LogP contribution < -0.4 is 0 Å². The molecule has 0 aliphatic heterocycles. The number of ketones is 1. The summed E-state index contributed by atoms with van der Waals surface area (Å²) in [7, 11) is 0. The Bertz CT molecular complexity index is 643. The number of carbonyl (C=O) groups is 1. The predicted octanol–water partition coefficient (Wildman–Crippen LogP) is 3.85. The van der Waals surface area contributed by atoms with Crippen molar-refractivity contribution in [3.8, 4) is 0 Å². The van der Waals surface area contributed by atoms with Crippen molar-refractivity contribution in [1.29, 1.82) is 0 Å². The fraction of sp³-hybridized carbons (Fsp3) is 0.412. The predicted molar refractivity (Wildman–Crippen MR) is 75.0 cm³/mol. The van der Waals surface area contributed by atoms with Crippen molar-refractivity contribution in [3.05, 3.63) is 42.2 Å². The number of nitrogens with zero attached hydrogens (tertiary/aromatic N) is 1. The van der Waals surface area contributed by atoms with Crippen LogP contribution in [0.15, 0.2) is 36.7 Å². The van der Waals surface area contributed by atoms with E-state index in [4.69, 9.17) is 0 Å². The fourth-order valence-corrected chi connectivity index (χ4v) is 4.08. The van der Waals surface area contributed by atoms with Gasteiger partial charge in [0.2, 0.25) is 0 Å². The molecule has 4 rings (SSSR count). The molecule has 2 heteroatoms. The summed E-state index contributed by atoms with van der Waals surface area (Å²) < 4.78 is 0. The molecule has 2 aromatic rings. The Labute approximate surface area is 112 Å². The summed E-state index contributed by atoms with van der Waals surface area (Å²) in [5.74, 6) is 2.03. The Kier molecular flexibility index (Phi) is 2.44. The van der Waals surface area contributed by atoms with Gasteiger partial charge in [-0.3, -0.25) is 9.78 Å². The molecule has 2 bridgehead atoms. The molecule has 0 N–H and O–H groups in total. The Morgan fingerprint density at radius 1 is 1.11 bits per heavy atom. The summed E-state index contributed by atoms with van der Waals surface area (Å²) in [5, 5.41) is 2.13. The first-order valence-electron chi connectivity index (χ1n) is 7.20. The zero-order valence-electron chi connectivity index (χ0n) is 10.9. The van der Waals surface area contributed by atoms with Crippen molar-refractivity contribution in [2.45, 2.75) is 25.7 Å². The number of aromatic nitrogens is 1. The van der Waals surface area contributed by atoms with Crippen molar-refractivity contribution in [2.75, 3.05) is 0 Å². The van der Waals surface area contributed by atoms with Gasteiger partial charge in [-0.2, -0.15) is 0 Å². The largest absolute Gasteiger partial charge is 0.294 e. The standard InChI is InChI=1S/C17H17NO/c19-17(15-8-11-5-6-12(15)7-11)16-10-18-9-13-3-1-2-4-14(13)16/h1-4,9-12,15H,5-8H2. The number of pyridine rings is 1. The summed E-state index contributed by atoms with van der Waals surface area (Å²) in [6.07, 6.45) is 8.56. The molecule has 1 heterocycles. The third kappa shape index (κ3) is 1.70. The van der Waals surface area contributed by atoms with Crippen LogP contribution in [0.3, 0.4) is 0 Å². The van der Waals surface area contributed by atoms with E-state index in [1.807, 2.05) is 30.5 Å². The molecule has 1 aromatic heterocycles. The van der Waals surface area contributed by atoms with Gasteiger partial charge in [-0.15, -0.1) is 0 Å². The van der Waals surface area contributed by atoms with Crippen molar-refractivity contribution in [1.82, 2.24) is 4.98 Å². The zero-order valence-corrected chi connectivity index (χ0v) is 10.9. The van der Waals surface area contributed by atoms with Crippen LogP contribution in [0.25, 0.3) is 10.8 Å². The number of hydrogen-bond donors (Lipinski definition) is 0. The highest BCUT2D eigenvalue weighted by molar-refractivity contribution is 6.08. The summed E-state index contributed by atoms with van der Waals surface area (Å²) >= 11 is 0. The van der Waals surface area contributed by atoms with Crippen LogP contribution >= 0.6 is 0 Å². The Morgan fingerprint density at radius 2 is 2.00 bits per heavy atom. The van der Waals surface area contributed by atoms with Gasteiger partial charge in [-0.1, -0.05) is 30.7 Å². The lowest BCUT2D eigenvalue weighted by atomic mass is 9.83. The highest BCUT2D eigenvalue weighted by Gasteiger charge is 2.43. The van der Waals surface area contributed by atoms with Crippen molar-refractivity contribution >= 4 is 16.6 Å². The smallest absolute Gasteiger partial charge is 0.168 e. The number of rotatable bonds is 2. The minimum absolute atomic E-state index is 0.256. The molecule has 2 aliphatic carbocycles. The monoisotopic (exact) mass is 251 g/mol. The van der Waals surface area contributed by atoms with E-state index >= 15 is 0 Å². The molecule has 2 saturated carbocycles. The van der Waals surface area contributed by atoms with E-state index in [-0.39, 0.29) is 5.92 Å². The molecule has 19 heavy (non-hydrogen) atoms. The third-order valence-electron chi connectivity index (χ3n) is 5.01. The van der Waals surface area contributed by atoms with Crippen molar-refractivity contribution in [2.24, 2.45) is 17.8 Å². The normalized spacial score (nSPS) is 28.9. The van der Waals surface area contributed by atoms with Crippen LogP contribution in [0.2, 0.25) is 0 Å². The van der Waals surface area contributed by atoms with E-state index in [9.17, 15) is 4.79 Å². The maximum absolute atomic E-state index is 12.8. The molecule has 0 radical (unpaired) electrons. The molecule has 0 spiro atoms. The van der Waals surface area contributed by atoms with Gasteiger partial charge in [-0.25, -0.2) is 0 Å². The van der Waals surface area contributed by atoms with Gasteiger partial charge in [-0.05, 0) is 36.5 Å². The Balaban J connectivity index is 1.76. The second kappa shape index (κ2) is 4.16. The lowest BCUT2D eigenvalue weighted by Crippen LogP contribution is -2.21. The maximum Gasteiger partial charge on any atom is 0.168 e. The molecular formula is C17H17NO. The fourth-order valence-electron chi connectivity index (χ4n) is 4.08. The molecule has 0 amide bonds. The lowest BCUT2D eigenvalue weighted by Gasteiger charge is -2.20. The second-order valence-corrected chi connectivity index (χ2v) is 6.05. The van der Waals surface area contributed by atoms with Crippen LogP contribution in [0, 0.1) is 17.8 Å². The van der Waals surface area contributed by atoms with Crippen LogP contribution in [0.4, 0.5) is 0 Å². The van der Waals surface area contributed by atoms with Gasteiger partial charge >= 0.3 is 0 Å². The summed E-state index contributed by atoms with van der Waals surface area (Å²) in [6.45, 7) is 0. The first-order chi connectivity index (χ1) is 9.33. The first-order valence-corrected chi connectivity index (χ1v) is 7.20. The second-order valence-electron chi connectivity index (χ2n) is 6.05. The minimum Gasteiger partial charge on any atom is -0.294 e. The first kappa shape index (κ1) is 11.2. The number of hydrogen-bond acceptors (Lipinski definition) is 2. The van der Waals surface area contributed by atoms with Crippen LogP contribution in [-0.2, 0) is 0 Å². The molecule has 96 valence electrons. The van der Waals surface area contributed by atoms with Crippen LogP contribution in [0.5, 0.6) is 0 Å². The number of Topliss-reactive ketones (excluding diaryl/α,β-unsaturated/α-hetero) is 1. The molecule has 1 aromatic carbocycles. The average molecular weight is 251 g/mol. The molecule has 3 atom stereocenters. The Morgan fingerprint density at radius 3 is 2.79 bits per heavy atom. The number of fused-ring (bicyclic) bond motifs is 3. The minimum atomic E-state index is 0.256. The number of benzene rings is 1. The maximum atomic E-state index is 12.8. The van der Waals surface area contributed by atoms with Crippen molar-refractivity contribution in [3.63, 3.8) is 0 Å². The summed E-state index contributed by atoms with van der Waals surface area (Å²) in [6, 6.07) is 8.06. The van der Waals surface area contributed by atoms with Gasteiger partial charge in [0.1, 0.15) is 0 Å². The number of carbonyl (C=O) groups excluding carboxylic acids is 1. The van der Waals surface area contributed by atoms with Gasteiger partial charge in [0.05, 0.1) is 0 Å². The Hall–Kier alpha value is -1.70.